The minimum Gasteiger partial charge on any atom is -0.481 e. The molecule has 0 aromatic carbocycles. The van der Waals surface area contributed by atoms with Crippen LogP contribution in [0, 0.1) is 11.8 Å². The molecule has 4 nitrogen and oxygen atoms in total. The smallest absolute Gasteiger partial charge is 0.308 e. The molecule has 1 aromatic rings. The van der Waals surface area contributed by atoms with E-state index in [-0.39, 0.29) is 12.5 Å². The summed E-state index contributed by atoms with van der Waals surface area (Å²) in [5.74, 6) is -0.760. The minimum atomic E-state index is -0.853. The van der Waals surface area contributed by atoms with Gasteiger partial charge in [0.05, 0.1) is 10.8 Å². The number of hydrogen-bond donors (Lipinski definition) is 2. The lowest BCUT2D eigenvalue weighted by Gasteiger charge is -2.19. The maximum absolute atomic E-state index is 12.2. The van der Waals surface area contributed by atoms with Crippen molar-refractivity contribution in [3.8, 4) is 0 Å². The van der Waals surface area contributed by atoms with E-state index in [4.69, 9.17) is 5.11 Å². The van der Waals surface area contributed by atoms with Gasteiger partial charge in [0.15, 0.2) is 0 Å². The number of hydrogen-bond acceptors (Lipinski definition) is 3. The fraction of sp³-hybridized carbons (Fsp3) is 0.625. The highest BCUT2D eigenvalue weighted by atomic mass is 32.1. The quantitative estimate of drug-likeness (QED) is 0.848. The lowest BCUT2D eigenvalue weighted by atomic mass is 9.87. The zero-order valence-corrected chi connectivity index (χ0v) is 13.5. The van der Waals surface area contributed by atoms with E-state index in [1.54, 1.807) is 11.3 Å². The van der Waals surface area contributed by atoms with E-state index in [1.807, 2.05) is 13.0 Å². The summed E-state index contributed by atoms with van der Waals surface area (Å²) >= 11 is 1.56. The van der Waals surface area contributed by atoms with Crippen molar-refractivity contribution < 1.29 is 14.7 Å². The van der Waals surface area contributed by atoms with Gasteiger partial charge in [0, 0.05) is 11.4 Å². The molecule has 1 aromatic heterocycles. The van der Waals surface area contributed by atoms with Gasteiger partial charge in [-0.2, -0.15) is 0 Å². The second kappa shape index (κ2) is 7.07. The van der Waals surface area contributed by atoms with E-state index < -0.39 is 11.9 Å². The molecule has 2 rings (SSSR count). The first kappa shape index (κ1) is 16.0. The first-order valence-corrected chi connectivity index (χ1v) is 8.49. The van der Waals surface area contributed by atoms with Crippen LogP contribution in [0.2, 0.25) is 0 Å². The standard InChI is InChI=1S/C16H23NO3S/c1-3-10-5-6-13-12(7-10)8-14(21-13)15(18)17-9-11(4-2)16(19)20/h8,10-11H,3-7,9H2,1-2H3,(H,17,18)(H,19,20). The van der Waals surface area contributed by atoms with Crippen LogP contribution >= 0.6 is 11.3 Å². The Morgan fingerprint density at radius 2 is 2.24 bits per heavy atom. The van der Waals surface area contributed by atoms with E-state index in [2.05, 4.69) is 12.2 Å². The number of carbonyl (C=O) groups is 2. The highest BCUT2D eigenvalue weighted by molar-refractivity contribution is 7.14. The predicted molar refractivity (Wildman–Crippen MR) is 83.9 cm³/mol. The second-order valence-corrected chi connectivity index (χ2v) is 6.87. The van der Waals surface area contributed by atoms with Crippen LogP contribution in [0.15, 0.2) is 6.07 Å². The monoisotopic (exact) mass is 309 g/mol. The van der Waals surface area contributed by atoms with Crippen molar-refractivity contribution in [2.45, 2.75) is 46.0 Å². The number of amides is 1. The Morgan fingerprint density at radius 1 is 1.48 bits per heavy atom. The summed E-state index contributed by atoms with van der Waals surface area (Å²) in [4.78, 5) is 25.2. The molecule has 116 valence electrons. The van der Waals surface area contributed by atoms with Crippen molar-refractivity contribution in [1.82, 2.24) is 5.32 Å². The van der Waals surface area contributed by atoms with Crippen LogP contribution in [0.4, 0.5) is 0 Å². The average Bonchev–Trinajstić information content (AvgIpc) is 2.90. The van der Waals surface area contributed by atoms with Crippen LogP contribution in [-0.4, -0.2) is 23.5 Å². The summed E-state index contributed by atoms with van der Waals surface area (Å²) in [7, 11) is 0. The maximum atomic E-state index is 12.2. The molecule has 1 heterocycles. The molecule has 2 unspecified atom stereocenters. The van der Waals surface area contributed by atoms with Gasteiger partial charge in [-0.05, 0) is 43.2 Å². The molecule has 0 saturated heterocycles. The molecule has 21 heavy (non-hydrogen) atoms. The van der Waals surface area contributed by atoms with Gasteiger partial charge in [0.25, 0.3) is 5.91 Å². The van der Waals surface area contributed by atoms with Crippen molar-refractivity contribution in [2.24, 2.45) is 11.8 Å². The normalized spacial score (nSPS) is 18.9. The van der Waals surface area contributed by atoms with Crippen LogP contribution in [0.1, 0.15) is 53.2 Å². The van der Waals surface area contributed by atoms with Gasteiger partial charge in [-0.1, -0.05) is 20.3 Å². The Morgan fingerprint density at radius 3 is 2.86 bits per heavy atom. The third-order valence-corrected chi connectivity index (χ3v) is 5.57. The number of aryl methyl sites for hydroxylation is 1. The van der Waals surface area contributed by atoms with E-state index >= 15 is 0 Å². The van der Waals surface area contributed by atoms with Crippen LogP contribution in [0.25, 0.3) is 0 Å². The van der Waals surface area contributed by atoms with Gasteiger partial charge in [0.1, 0.15) is 0 Å². The van der Waals surface area contributed by atoms with Crippen LogP contribution < -0.4 is 5.32 Å². The maximum Gasteiger partial charge on any atom is 0.308 e. The molecule has 2 atom stereocenters. The molecule has 1 aliphatic rings. The number of carboxylic acids is 1. The van der Waals surface area contributed by atoms with E-state index in [0.29, 0.717) is 6.42 Å². The summed E-state index contributed by atoms with van der Waals surface area (Å²) in [6.45, 7) is 4.23. The summed E-state index contributed by atoms with van der Waals surface area (Å²) in [6.07, 6.45) is 5.06. The first-order valence-electron chi connectivity index (χ1n) is 7.67. The largest absolute Gasteiger partial charge is 0.481 e. The van der Waals surface area contributed by atoms with Crippen molar-refractivity contribution in [3.63, 3.8) is 0 Å². The molecule has 2 N–H and O–H groups in total. The minimum absolute atomic E-state index is 0.137. The highest BCUT2D eigenvalue weighted by Crippen LogP contribution is 2.33. The van der Waals surface area contributed by atoms with E-state index in [9.17, 15) is 9.59 Å². The number of fused-ring (bicyclic) bond motifs is 1. The number of thiophene rings is 1. The summed E-state index contributed by atoms with van der Waals surface area (Å²) in [5.41, 5.74) is 1.31. The number of nitrogens with one attached hydrogen (secondary N) is 1. The molecular weight excluding hydrogens is 286 g/mol. The van der Waals surface area contributed by atoms with Gasteiger partial charge >= 0.3 is 5.97 Å². The number of carbonyl (C=O) groups excluding carboxylic acids is 1. The Labute approximate surface area is 129 Å². The fourth-order valence-electron chi connectivity index (χ4n) is 2.77. The highest BCUT2D eigenvalue weighted by Gasteiger charge is 2.23. The van der Waals surface area contributed by atoms with Crippen LogP contribution in [-0.2, 0) is 17.6 Å². The lowest BCUT2D eigenvalue weighted by Crippen LogP contribution is -2.32. The summed E-state index contributed by atoms with van der Waals surface area (Å²) in [6, 6.07) is 2.00. The Bertz CT molecular complexity index is 524. The molecule has 0 aliphatic heterocycles. The molecule has 1 aliphatic carbocycles. The summed E-state index contributed by atoms with van der Waals surface area (Å²) < 4.78 is 0. The predicted octanol–water partition coefficient (Wildman–Crippen LogP) is 3.10. The van der Waals surface area contributed by atoms with Gasteiger partial charge in [0.2, 0.25) is 0 Å². The van der Waals surface area contributed by atoms with E-state index in [0.717, 1.165) is 23.6 Å². The lowest BCUT2D eigenvalue weighted by molar-refractivity contribution is -0.141. The first-order chi connectivity index (χ1) is 10.0. The van der Waals surface area contributed by atoms with Crippen molar-refractivity contribution >= 4 is 23.2 Å². The van der Waals surface area contributed by atoms with Crippen LogP contribution in [0.3, 0.4) is 0 Å². The topological polar surface area (TPSA) is 66.4 Å². The molecule has 1 amide bonds. The zero-order chi connectivity index (χ0) is 15.4. The third-order valence-electron chi connectivity index (χ3n) is 4.34. The van der Waals surface area contributed by atoms with Gasteiger partial charge in [-0.15, -0.1) is 11.3 Å². The molecule has 0 bridgehead atoms. The SMILES string of the molecule is CCC1CCc2sc(C(=O)NCC(CC)C(=O)O)cc2C1. The Balaban J connectivity index is 1.98. The van der Waals surface area contributed by atoms with Gasteiger partial charge in [-0.25, -0.2) is 0 Å². The Hall–Kier alpha value is -1.36. The molecule has 5 heteroatoms. The number of rotatable bonds is 6. The molecule has 0 saturated carbocycles. The van der Waals surface area contributed by atoms with Gasteiger partial charge in [-0.3, -0.25) is 9.59 Å². The van der Waals surface area contributed by atoms with Crippen molar-refractivity contribution in [2.75, 3.05) is 6.54 Å². The van der Waals surface area contributed by atoms with Crippen LogP contribution in [0.5, 0.6) is 0 Å². The average molecular weight is 309 g/mol. The van der Waals surface area contributed by atoms with Gasteiger partial charge < -0.3 is 10.4 Å². The third kappa shape index (κ3) is 3.84. The second-order valence-electron chi connectivity index (χ2n) is 5.73. The molecular formula is C16H23NO3S. The molecule has 0 radical (unpaired) electrons. The molecule has 0 spiro atoms. The van der Waals surface area contributed by atoms with Crippen molar-refractivity contribution in [3.05, 3.63) is 21.4 Å². The summed E-state index contributed by atoms with van der Waals surface area (Å²) in [5, 5.41) is 11.8. The number of aliphatic carboxylic acids is 1. The van der Waals surface area contributed by atoms with E-state index in [1.165, 1.54) is 23.3 Å². The zero-order valence-electron chi connectivity index (χ0n) is 12.6. The number of carboxylic acid groups (broad SMARTS) is 1. The fourth-order valence-corrected chi connectivity index (χ4v) is 3.89. The Kier molecular flexibility index (Phi) is 5.39. The van der Waals surface area contributed by atoms with Crippen molar-refractivity contribution in [1.29, 1.82) is 0 Å². The molecule has 0 fully saturated rings.